The molecule has 0 fully saturated rings. The molecule has 104 valence electrons. The fourth-order valence-electron chi connectivity index (χ4n) is 1.46. The molecule has 0 bridgehead atoms. The highest BCUT2D eigenvalue weighted by molar-refractivity contribution is 6.29. The van der Waals surface area contributed by atoms with E-state index in [9.17, 15) is 4.79 Å². The monoisotopic (exact) mass is 293 g/mol. The van der Waals surface area contributed by atoms with Crippen LogP contribution in [0.4, 0.5) is 5.95 Å². The summed E-state index contributed by atoms with van der Waals surface area (Å²) in [7, 11) is 0. The molecule has 2 N–H and O–H groups in total. The average molecular weight is 294 g/mol. The minimum Gasteiger partial charge on any atom is -0.462 e. The molecule has 2 aromatic rings. The van der Waals surface area contributed by atoms with Crippen molar-refractivity contribution < 1.29 is 14.3 Å². The first-order chi connectivity index (χ1) is 9.58. The molecular formula is C13H12ClN3O3. The normalized spacial score (nSPS) is 10.1. The van der Waals surface area contributed by atoms with E-state index in [1.54, 1.807) is 31.2 Å². The zero-order chi connectivity index (χ0) is 14.5. The summed E-state index contributed by atoms with van der Waals surface area (Å²) in [6.07, 6.45) is 0. The molecule has 1 aromatic heterocycles. The van der Waals surface area contributed by atoms with Crippen molar-refractivity contribution in [3.05, 3.63) is 41.0 Å². The molecule has 7 heteroatoms. The van der Waals surface area contributed by atoms with Crippen LogP contribution < -0.4 is 10.5 Å². The molecule has 0 spiro atoms. The van der Waals surface area contributed by atoms with Crippen LogP contribution in [0.25, 0.3) is 0 Å². The Morgan fingerprint density at radius 1 is 1.30 bits per heavy atom. The molecule has 1 heterocycles. The van der Waals surface area contributed by atoms with Gasteiger partial charge in [-0.05, 0) is 31.2 Å². The number of esters is 1. The lowest BCUT2D eigenvalue weighted by atomic mass is 10.2. The van der Waals surface area contributed by atoms with Gasteiger partial charge in [0.1, 0.15) is 10.9 Å². The summed E-state index contributed by atoms with van der Waals surface area (Å²) < 4.78 is 10.4. The Hall–Kier alpha value is -2.34. The second-order valence-electron chi connectivity index (χ2n) is 3.73. The molecule has 0 atom stereocenters. The predicted molar refractivity (Wildman–Crippen MR) is 73.9 cm³/mol. The molecule has 0 saturated carbocycles. The molecule has 20 heavy (non-hydrogen) atoms. The van der Waals surface area contributed by atoms with Crippen LogP contribution >= 0.6 is 11.6 Å². The number of hydrogen-bond acceptors (Lipinski definition) is 6. The van der Waals surface area contributed by atoms with Crippen molar-refractivity contribution >= 4 is 23.5 Å². The van der Waals surface area contributed by atoms with E-state index in [2.05, 4.69) is 9.97 Å². The number of anilines is 1. The molecule has 0 aliphatic carbocycles. The zero-order valence-electron chi connectivity index (χ0n) is 10.7. The molecule has 6 nitrogen and oxygen atoms in total. The first-order valence-electron chi connectivity index (χ1n) is 5.83. The highest BCUT2D eigenvalue weighted by Gasteiger charge is 2.07. The van der Waals surface area contributed by atoms with Gasteiger partial charge in [-0.2, -0.15) is 4.98 Å². The van der Waals surface area contributed by atoms with Gasteiger partial charge in [-0.1, -0.05) is 11.6 Å². The number of rotatable bonds is 4. The summed E-state index contributed by atoms with van der Waals surface area (Å²) in [4.78, 5) is 19.1. The van der Waals surface area contributed by atoms with Crippen LogP contribution in [0.2, 0.25) is 5.15 Å². The maximum atomic E-state index is 11.5. The summed E-state index contributed by atoms with van der Waals surface area (Å²) in [5.41, 5.74) is 5.91. The third-order valence-electron chi connectivity index (χ3n) is 2.28. The minimum atomic E-state index is -0.381. The second kappa shape index (κ2) is 6.21. The summed E-state index contributed by atoms with van der Waals surface area (Å²) in [6, 6.07) is 7.88. The molecule has 0 amide bonds. The van der Waals surface area contributed by atoms with Crippen molar-refractivity contribution in [3.63, 3.8) is 0 Å². The number of hydrogen-bond donors (Lipinski definition) is 1. The highest BCUT2D eigenvalue weighted by atomic mass is 35.5. The Bertz CT molecular complexity index is 597. The predicted octanol–water partition coefficient (Wildman–Crippen LogP) is 2.68. The van der Waals surface area contributed by atoms with E-state index in [4.69, 9.17) is 26.8 Å². The minimum absolute atomic E-state index is 0.0237. The van der Waals surface area contributed by atoms with Crippen molar-refractivity contribution in [2.45, 2.75) is 6.92 Å². The molecule has 0 unspecified atom stereocenters. The molecule has 2 rings (SSSR count). The summed E-state index contributed by atoms with van der Waals surface area (Å²) in [5.74, 6) is 0.364. The van der Waals surface area contributed by atoms with Gasteiger partial charge in [0.15, 0.2) is 0 Å². The van der Waals surface area contributed by atoms with Gasteiger partial charge >= 0.3 is 5.97 Å². The van der Waals surface area contributed by atoms with Crippen LogP contribution in [0.15, 0.2) is 30.3 Å². The number of ether oxygens (including phenoxy) is 2. The largest absolute Gasteiger partial charge is 0.462 e. The third kappa shape index (κ3) is 3.58. The van der Waals surface area contributed by atoms with Gasteiger partial charge in [-0.3, -0.25) is 0 Å². The SMILES string of the molecule is CCOC(=O)c1ccc(Oc2cc(Cl)nc(N)n2)cc1. The van der Waals surface area contributed by atoms with Crippen LogP contribution in [0, 0.1) is 0 Å². The van der Waals surface area contributed by atoms with E-state index < -0.39 is 0 Å². The summed E-state index contributed by atoms with van der Waals surface area (Å²) >= 11 is 5.75. The zero-order valence-corrected chi connectivity index (χ0v) is 11.4. The van der Waals surface area contributed by atoms with E-state index in [1.165, 1.54) is 6.07 Å². The number of nitrogens with two attached hydrogens (primary N) is 1. The van der Waals surface area contributed by atoms with Gasteiger partial charge in [0.25, 0.3) is 0 Å². The standard InChI is InChI=1S/C13H12ClN3O3/c1-2-19-12(18)8-3-5-9(6-4-8)20-11-7-10(14)16-13(15)17-11/h3-7H,2H2,1H3,(H2,15,16,17). The van der Waals surface area contributed by atoms with Crippen LogP contribution in [-0.4, -0.2) is 22.5 Å². The fraction of sp³-hybridized carbons (Fsp3) is 0.154. The molecule has 1 aromatic carbocycles. The number of halogens is 1. The Morgan fingerprint density at radius 2 is 2.00 bits per heavy atom. The first kappa shape index (κ1) is 14.1. The van der Waals surface area contributed by atoms with Crippen molar-refractivity contribution in [3.8, 4) is 11.6 Å². The van der Waals surface area contributed by atoms with Crippen molar-refractivity contribution in [1.29, 1.82) is 0 Å². The van der Waals surface area contributed by atoms with Crippen LogP contribution in [0.5, 0.6) is 11.6 Å². The Balaban J connectivity index is 2.12. The van der Waals surface area contributed by atoms with Gasteiger partial charge in [0.2, 0.25) is 11.8 Å². The smallest absolute Gasteiger partial charge is 0.338 e. The van der Waals surface area contributed by atoms with Crippen molar-refractivity contribution in [2.24, 2.45) is 0 Å². The van der Waals surface area contributed by atoms with Crippen molar-refractivity contribution in [2.75, 3.05) is 12.3 Å². The van der Waals surface area contributed by atoms with E-state index >= 15 is 0 Å². The first-order valence-corrected chi connectivity index (χ1v) is 6.21. The van der Waals surface area contributed by atoms with Gasteiger partial charge in [-0.25, -0.2) is 9.78 Å². The van der Waals surface area contributed by atoms with E-state index in [1.807, 2.05) is 0 Å². The molecule has 0 aliphatic heterocycles. The summed E-state index contributed by atoms with van der Waals surface area (Å²) in [6.45, 7) is 2.08. The second-order valence-corrected chi connectivity index (χ2v) is 4.12. The average Bonchev–Trinajstić information content (AvgIpc) is 2.38. The number of benzene rings is 1. The maximum absolute atomic E-state index is 11.5. The van der Waals surface area contributed by atoms with Crippen molar-refractivity contribution in [1.82, 2.24) is 9.97 Å². The lowest BCUT2D eigenvalue weighted by Crippen LogP contribution is -2.04. The van der Waals surface area contributed by atoms with E-state index in [0.717, 1.165) is 0 Å². The quantitative estimate of drug-likeness (QED) is 0.689. The lowest BCUT2D eigenvalue weighted by molar-refractivity contribution is 0.0526. The fourth-order valence-corrected chi connectivity index (χ4v) is 1.64. The topological polar surface area (TPSA) is 87.3 Å². The van der Waals surface area contributed by atoms with E-state index in [0.29, 0.717) is 17.9 Å². The molecule has 0 radical (unpaired) electrons. The lowest BCUT2D eigenvalue weighted by Gasteiger charge is -2.06. The Kier molecular flexibility index (Phi) is 4.37. The van der Waals surface area contributed by atoms with E-state index in [-0.39, 0.29) is 23.0 Å². The maximum Gasteiger partial charge on any atom is 0.338 e. The van der Waals surface area contributed by atoms with Gasteiger partial charge < -0.3 is 15.2 Å². The summed E-state index contributed by atoms with van der Waals surface area (Å²) in [5, 5.41) is 0.190. The highest BCUT2D eigenvalue weighted by Crippen LogP contribution is 2.22. The third-order valence-corrected chi connectivity index (χ3v) is 2.47. The number of carbonyl (C=O) groups is 1. The Morgan fingerprint density at radius 3 is 2.60 bits per heavy atom. The van der Waals surface area contributed by atoms with Crippen LogP contribution in [-0.2, 0) is 4.74 Å². The van der Waals surface area contributed by atoms with Gasteiger partial charge in [0.05, 0.1) is 12.2 Å². The number of nitrogen functional groups attached to an aromatic ring is 1. The number of nitrogens with zero attached hydrogens (tertiary/aromatic N) is 2. The van der Waals surface area contributed by atoms with Gasteiger partial charge in [0, 0.05) is 6.07 Å². The Labute approximate surface area is 120 Å². The number of carbonyl (C=O) groups excluding carboxylic acids is 1. The molecule has 0 aliphatic rings. The van der Waals surface area contributed by atoms with Crippen LogP contribution in [0.3, 0.4) is 0 Å². The molecule has 0 saturated heterocycles. The molecular weight excluding hydrogens is 282 g/mol. The van der Waals surface area contributed by atoms with Gasteiger partial charge in [-0.15, -0.1) is 0 Å². The number of aromatic nitrogens is 2. The van der Waals surface area contributed by atoms with Crippen LogP contribution in [0.1, 0.15) is 17.3 Å².